The van der Waals surface area contributed by atoms with E-state index in [1.54, 1.807) is 30.5 Å². The van der Waals surface area contributed by atoms with E-state index < -0.39 is 5.91 Å². The lowest BCUT2D eigenvalue weighted by Crippen LogP contribution is -2.10. The number of ether oxygens (including phenoxy) is 2. The van der Waals surface area contributed by atoms with Crippen molar-refractivity contribution in [1.82, 2.24) is 4.98 Å². The highest BCUT2D eigenvalue weighted by molar-refractivity contribution is 7.11. The van der Waals surface area contributed by atoms with Crippen LogP contribution in [0.3, 0.4) is 0 Å². The van der Waals surface area contributed by atoms with Gasteiger partial charge in [0.25, 0.3) is 0 Å². The van der Waals surface area contributed by atoms with E-state index in [-0.39, 0.29) is 6.79 Å². The van der Waals surface area contributed by atoms with Gasteiger partial charge in [0.1, 0.15) is 16.6 Å². The summed E-state index contributed by atoms with van der Waals surface area (Å²) >= 11 is 1.38. The molecule has 0 radical (unpaired) electrons. The standard InChI is InChI=1S/C20H14N4O3S/c21-8-14(9-23-15-4-1-12(2-5-15)19(22)25)20-24-16(10-28-20)13-3-6-17-18(7-13)27-11-26-17/h1-7,9-10,23H,11H2,(H2,22,25)/b14-9+. The van der Waals surface area contributed by atoms with E-state index in [2.05, 4.69) is 16.4 Å². The number of rotatable bonds is 5. The Morgan fingerprint density at radius 2 is 2.00 bits per heavy atom. The summed E-state index contributed by atoms with van der Waals surface area (Å²) in [5, 5.41) is 15.0. The fourth-order valence-corrected chi connectivity index (χ4v) is 3.41. The first-order chi connectivity index (χ1) is 13.6. The van der Waals surface area contributed by atoms with Crippen LogP contribution in [0.2, 0.25) is 0 Å². The van der Waals surface area contributed by atoms with Crippen LogP contribution in [0.5, 0.6) is 11.5 Å². The smallest absolute Gasteiger partial charge is 0.248 e. The number of thiazole rings is 1. The van der Waals surface area contributed by atoms with E-state index >= 15 is 0 Å². The van der Waals surface area contributed by atoms with Crippen molar-refractivity contribution in [2.24, 2.45) is 5.73 Å². The highest BCUT2D eigenvalue weighted by atomic mass is 32.1. The summed E-state index contributed by atoms with van der Waals surface area (Å²) < 4.78 is 10.7. The van der Waals surface area contributed by atoms with Gasteiger partial charge in [0.15, 0.2) is 11.5 Å². The molecule has 0 saturated heterocycles. The average molecular weight is 390 g/mol. The minimum absolute atomic E-state index is 0.217. The number of benzene rings is 2. The Bertz CT molecular complexity index is 1110. The van der Waals surface area contributed by atoms with Crippen molar-refractivity contribution in [3.05, 3.63) is 64.6 Å². The van der Waals surface area contributed by atoms with Crippen LogP contribution in [0.4, 0.5) is 5.69 Å². The Labute approximate surface area is 164 Å². The second kappa shape index (κ2) is 7.42. The van der Waals surface area contributed by atoms with Crippen LogP contribution in [0.15, 0.2) is 54.0 Å². The number of hydrogen-bond donors (Lipinski definition) is 2. The number of anilines is 1. The van der Waals surface area contributed by atoms with Crippen LogP contribution in [0.25, 0.3) is 16.8 Å². The minimum Gasteiger partial charge on any atom is -0.454 e. The number of hydrogen-bond acceptors (Lipinski definition) is 7. The van der Waals surface area contributed by atoms with Gasteiger partial charge in [-0.25, -0.2) is 4.98 Å². The Kier molecular flexibility index (Phi) is 4.66. The molecular formula is C20H14N4O3S. The number of primary amides is 1. The number of nitrogens with one attached hydrogen (secondary N) is 1. The Morgan fingerprint density at radius 1 is 1.21 bits per heavy atom. The molecule has 3 N–H and O–H groups in total. The quantitative estimate of drug-likeness (QED) is 0.644. The maximum Gasteiger partial charge on any atom is 0.248 e. The highest BCUT2D eigenvalue weighted by Gasteiger charge is 2.16. The molecule has 0 bridgehead atoms. The predicted octanol–water partition coefficient (Wildman–Crippen LogP) is 3.61. The van der Waals surface area contributed by atoms with Crippen molar-refractivity contribution < 1.29 is 14.3 Å². The van der Waals surface area contributed by atoms with Gasteiger partial charge in [-0.15, -0.1) is 11.3 Å². The number of fused-ring (bicyclic) bond motifs is 1. The lowest BCUT2D eigenvalue weighted by molar-refractivity contribution is 0.100. The Morgan fingerprint density at radius 3 is 2.75 bits per heavy atom. The molecule has 1 aliphatic rings. The zero-order chi connectivity index (χ0) is 19.5. The number of carbonyl (C=O) groups is 1. The van der Waals surface area contributed by atoms with E-state index in [0.29, 0.717) is 27.6 Å². The molecule has 2 heterocycles. The van der Waals surface area contributed by atoms with E-state index in [1.807, 2.05) is 23.6 Å². The molecule has 0 spiro atoms. The first kappa shape index (κ1) is 17.6. The third-order valence-corrected chi connectivity index (χ3v) is 4.95. The number of allylic oxidation sites excluding steroid dienone is 1. The summed E-state index contributed by atoms with van der Waals surface area (Å²) in [7, 11) is 0. The molecule has 4 rings (SSSR count). The zero-order valence-corrected chi connectivity index (χ0v) is 15.3. The zero-order valence-electron chi connectivity index (χ0n) is 14.5. The molecule has 3 aromatic rings. The van der Waals surface area contributed by atoms with Gasteiger partial charge >= 0.3 is 0 Å². The largest absolute Gasteiger partial charge is 0.454 e. The first-order valence-electron chi connectivity index (χ1n) is 8.26. The normalized spacial score (nSPS) is 12.5. The molecule has 138 valence electrons. The molecule has 1 aliphatic heterocycles. The van der Waals surface area contributed by atoms with Gasteiger partial charge in [0.2, 0.25) is 12.7 Å². The maximum atomic E-state index is 11.1. The van der Waals surface area contributed by atoms with Crippen LogP contribution in [-0.4, -0.2) is 17.7 Å². The monoisotopic (exact) mass is 390 g/mol. The van der Waals surface area contributed by atoms with Gasteiger partial charge in [-0.2, -0.15) is 5.26 Å². The summed E-state index contributed by atoms with van der Waals surface area (Å²) in [6.45, 7) is 0.217. The average Bonchev–Trinajstić information content (AvgIpc) is 3.38. The fourth-order valence-electron chi connectivity index (χ4n) is 2.61. The molecule has 7 nitrogen and oxygen atoms in total. The number of carbonyl (C=O) groups excluding carboxylic acids is 1. The van der Waals surface area contributed by atoms with Crippen molar-refractivity contribution in [2.75, 3.05) is 12.1 Å². The van der Waals surface area contributed by atoms with Gasteiger partial charge in [-0.1, -0.05) is 0 Å². The molecule has 0 aliphatic carbocycles. The summed E-state index contributed by atoms with van der Waals surface area (Å²) in [5.74, 6) is 0.908. The SMILES string of the molecule is N#C/C(=C\Nc1ccc(C(N)=O)cc1)c1nc(-c2ccc3c(c2)OCO3)cs1. The second-order valence-electron chi connectivity index (χ2n) is 5.86. The summed E-state index contributed by atoms with van der Waals surface area (Å²) in [4.78, 5) is 15.7. The molecular weight excluding hydrogens is 376 g/mol. The molecule has 1 amide bonds. The topological polar surface area (TPSA) is 110 Å². The third kappa shape index (κ3) is 3.51. The van der Waals surface area contributed by atoms with E-state index in [9.17, 15) is 10.1 Å². The highest BCUT2D eigenvalue weighted by Crippen LogP contribution is 2.36. The van der Waals surface area contributed by atoms with Crippen LogP contribution >= 0.6 is 11.3 Å². The number of aromatic nitrogens is 1. The number of nitrogens with zero attached hydrogens (tertiary/aromatic N) is 2. The molecule has 8 heteroatoms. The van der Waals surface area contributed by atoms with Gasteiger partial charge in [-0.3, -0.25) is 4.79 Å². The molecule has 0 atom stereocenters. The summed E-state index contributed by atoms with van der Waals surface area (Å²) in [6.07, 6.45) is 1.58. The van der Waals surface area contributed by atoms with Crippen molar-refractivity contribution in [3.63, 3.8) is 0 Å². The van der Waals surface area contributed by atoms with Crippen LogP contribution < -0.4 is 20.5 Å². The van der Waals surface area contributed by atoms with E-state index in [4.69, 9.17) is 15.2 Å². The minimum atomic E-state index is -0.487. The van der Waals surface area contributed by atoms with Gasteiger partial charge in [0, 0.05) is 28.4 Å². The lowest BCUT2D eigenvalue weighted by atomic mass is 10.1. The molecule has 28 heavy (non-hydrogen) atoms. The molecule has 0 saturated carbocycles. The number of nitriles is 1. The van der Waals surface area contributed by atoms with Crippen LogP contribution in [-0.2, 0) is 0 Å². The second-order valence-corrected chi connectivity index (χ2v) is 6.72. The van der Waals surface area contributed by atoms with Gasteiger partial charge in [-0.05, 0) is 42.5 Å². The van der Waals surface area contributed by atoms with Crippen LogP contribution in [0.1, 0.15) is 15.4 Å². The fraction of sp³-hybridized carbons (Fsp3) is 0.0500. The Balaban J connectivity index is 1.53. The van der Waals surface area contributed by atoms with Crippen molar-refractivity contribution in [1.29, 1.82) is 5.26 Å². The number of nitrogens with two attached hydrogens (primary N) is 1. The molecule has 0 fully saturated rings. The predicted molar refractivity (Wildman–Crippen MR) is 106 cm³/mol. The van der Waals surface area contributed by atoms with Crippen LogP contribution in [0, 0.1) is 11.3 Å². The maximum absolute atomic E-state index is 11.1. The van der Waals surface area contributed by atoms with Gasteiger partial charge < -0.3 is 20.5 Å². The Hall–Kier alpha value is -3.83. The first-order valence-corrected chi connectivity index (χ1v) is 9.14. The number of amides is 1. The lowest BCUT2D eigenvalue weighted by Gasteiger charge is -2.02. The third-order valence-electron chi connectivity index (χ3n) is 4.08. The van der Waals surface area contributed by atoms with E-state index in [0.717, 1.165) is 16.9 Å². The molecule has 0 unspecified atom stereocenters. The molecule has 2 aromatic carbocycles. The molecule has 1 aromatic heterocycles. The van der Waals surface area contributed by atoms with Crippen molar-refractivity contribution >= 4 is 28.5 Å². The van der Waals surface area contributed by atoms with E-state index in [1.165, 1.54) is 11.3 Å². The van der Waals surface area contributed by atoms with Crippen molar-refractivity contribution in [3.8, 4) is 28.8 Å². The van der Waals surface area contributed by atoms with Gasteiger partial charge in [0.05, 0.1) is 5.69 Å². The summed E-state index contributed by atoms with van der Waals surface area (Å²) in [6, 6.07) is 14.4. The van der Waals surface area contributed by atoms with Crippen molar-refractivity contribution in [2.45, 2.75) is 0 Å². The summed E-state index contributed by atoms with van der Waals surface area (Å²) in [5.41, 5.74) is 8.42.